The van der Waals surface area contributed by atoms with Crippen LogP contribution in [0.3, 0.4) is 0 Å². The van der Waals surface area contributed by atoms with Gasteiger partial charge >= 0.3 is 0 Å². The van der Waals surface area contributed by atoms with E-state index in [0.717, 1.165) is 38.1 Å². The Bertz CT molecular complexity index is 385. The summed E-state index contributed by atoms with van der Waals surface area (Å²) in [6, 6.07) is 0.202. The van der Waals surface area contributed by atoms with Crippen LogP contribution >= 0.6 is 0 Å². The maximum atomic E-state index is 12.5. The molecule has 1 aliphatic carbocycles. The van der Waals surface area contributed by atoms with Gasteiger partial charge in [-0.05, 0) is 50.5 Å². The van der Waals surface area contributed by atoms with Crippen molar-refractivity contribution in [1.29, 1.82) is 0 Å². The van der Waals surface area contributed by atoms with Crippen molar-refractivity contribution in [2.75, 3.05) is 12.3 Å². The van der Waals surface area contributed by atoms with E-state index in [1.807, 2.05) is 0 Å². The van der Waals surface area contributed by atoms with Crippen molar-refractivity contribution in [2.45, 2.75) is 76.5 Å². The van der Waals surface area contributed by atoms with E-state index in [4.69, 9.17) is 0 Å². The molecular weight excluding hydrogens is 270 g/mol. The zero-order valence-electron chi connectivity index (χ0n) is 13.1. The van der Waals surface area contributed by atoms with Crippen molar-refractivity contribution in [3.8, 4) is 0 Å². The van der Waals surface area contributed by atoms with Crippen LogP contribution < -0.4 is 5.32 Å². The topological polar surface area (TPSA) is 46.2 Å². The third-order valence-electron chi connectivity index (χ3n) is 5.23. The van der Waals surface area contributed by atoms with E-state index >= 15 is 0 Å². The molecule has 2 unspecified atom stereocenters. The monoisotopic (exact) mass is 301 g/mol. The summed E-state index contributed by atoms with van der Waals surface area (Å²) in [7, 11) is -2.88. The van der Waals surface area contributed by atoms with Crippen molar-refractivity contribution in [2.24, 2.45) is 11.8 Å². The summed E-state index contributed by atoms with van der Waals surface area (Å²) in [5, 5.41) is 3.48. The van der Waals surface area contributed by atoms with E-state index < -0.39 is 9.84 Å². The number of hydrogen-bond donors (Lipinski definition) is 1. The summed E-state index contributed by atoms with van der Waals surface area (Å²) in [6.07, 6.45) is 8.83. The summed E-state index contributed by atoms with van der Waals surface area (Å²) in [4.78, 5) is 0. The largest absolute Gasteiger partial charge is 0.312 e. The molecular formula is C16H31NO2S. The van der Waals surface area contributed by atoms with Gasteiger partial charge in [-0.3, -0.25) is 0 Å². The minimum absolute atomic E-state index is 0.124. The second-order valence-corrected chi connectivity index (χ2v) is 9.24. The van der Waals surface area contributed by atoms with Gasteiger partial charge < -0.3 is 5.32 Å². The first-order valence-electron chi connectivity index (χ1n) is 8.49. The molecule has 2 fully saturated rings. The Balaban J connectivity index is 2.09. The predicted octanol–water partition coefficient (Wildman–Crippen LogP) is 3.15. The molecule has 2 aliphatic rings. The molecule has 1 aliphatic heterocycles. The van der Waals surface area contributed by atoms with Crippen molar-refractivity contribution in [3.63, 3.8) is 0 Å². The van der Waals surface area contributed by atoms with Gasteiger partial charge in [0.25, 0.3) is 0 Å². The van der Waals surface area contributed by atoms with Gasteiger partial charge in [0.05, 0.1) is 11.0 Å². The molecule has 0 spiro atoms. The molecule has 118 valence electrons. The summed E-state index contributed by atoms with van der Waals surface area (Å²) in [5.41, 5.74) is 0. The molecule has 1 saturated carbocycles. The summed E-state index contributed by atoms with van der Waals surface area (Å²) >= 11 is 0. The van der Waals surface area contributed by atoms with Gasteiger partial charge in [-0.25, -0.2) is 8.42 Å². The van der Waals surface area contributed by atoms with Gasteiger partial charge in [0.1, 0.15) is 0 Å². The molecule has 0 aromatic rings. The van der Waals surface area contributed by atoms with Crippen LogP contribution in [0.1, 0.15) is 65.2 Å². The van der Waals surface area contributed by atoms with Gasteiger partial charge in [-0.1, -0.05) is 33.1 Å². The average molecular weight is 301 g/mol. The fourth-order valence-corrected chi connectivity index (χ4v) is 6.14. The molecule has 0 amide bonds. The van der Waals surface area contributed by atoms with Gasteiger partial charge in [-0.15, -0.1) is 0 Å². The van der Waals surface area contributed by atoms with Crippen LogP contribution in [0.5, 0.6) is 0 Å². The zero-order chi connectivity index (χ0) is 14.6. The number of hydrogen-bond acceptors (Lipinski definition) is 3. The number of sulfone groups is 1. The Morgan fingerprint density at radius 2 is 1.80 bits per heavy atom. The van der Waals surface area contributed by atoms with Crippen molar-refractivity contribution >= 4 is 9.84 Å². The van der Waals surface area contributed by atoms with E-state index in [0.29, 0.717) is 11.7 Å². The van der Waals surface area contributed by atoms with Crippen LogP contribution in [-0.2, 0) is 9.84 Å². The minimum Gasteiger partial charge on any atom is -0.312 e. The highest BCUT2D eigenvalue weighted by Gasteiger charge is 2.39. The van der Waals surface area contributed by atoms with Crippen LogP contribution in [-0.4, -0.2) is 32.0 Å². The zero-order valence-corrected chi connectivity index (χ0v) is 13.9. The van der Waals surface area contributed by atoms with Crippen LogP contribution in [0, 0.1) is 11.8 Å². The molecule has 0 radical (unpaired) electrons. The maximum absolute atomic E-state index is 12.5. The molecule has 3 nitrogen and oxygen atoms in total. The van der Waals surface area contributed by atoms with E-state index in [9.17, 15) is 8.42 Å². The minimum atomic E-state index is -2.88. The van der Waals surface area contributed by atoms with Gasteiger partial charge in [0.15, 0.2) is 9.84 Å². The molecule has 1 N–H and O–H groups in total. The molecule has 2 rings (SSSR count). The van der Waals surface area contributed by atoms with Crippen molar-refractivity contribution < 1.29 is 8.42 Å². The summed E-state index contributed by atoms with van der Waals surface area (Å²) < 4.78 is 24.9. The first-order chi connectivity index (χ1) is 9.54. The van der Waals surface area contributed by atoms with E-state index in [1.54, 1.807) is 0 Å². The average Bonchev–Trinajstić information content (AvgIpc) is 2.42. The lowest BCUT2D eigenvalue weighted by Gasteiger charge is -2.39. The third kappa shape index (κ3) is 3.97. The number of rotatable bonds is 5. The predicted molar refractivity (Wildman–Crippen MR) is 84.6 cm³/mol. The lowest BCUT2D eigenvalue weighted by Crippen LogP contribution is -2.51. The van der Waals surface area contributed by atoms with E-state index in [-0.39, 0.29) is 11.3 Å². The Morgan fingerprint density at radius 3 is 2.40 bits per heavy atom. The quantitative estimate of drug-likeness (QED) is 0.848. The summed E-state index contributed by atoms with van der Waals surface area (Å²) in [5.74, 6) is 1.79. The lowest BCUT2D eigenvalue weighted by molar-refractivity contribution is 0.219. The van der Waals surface area contributed by atoms with Crippen molar-refractivity contribution in [3.05, 3.63) is 0 Å². The Hall–Kier alpha value is -0.0900. The first-order valence-corrected chi connectivity index (χ1v) is 10.2. The Kier molecular flexibility index (Phi) is 5.91. The molecule has 20 heavy (non-hydrogen) atoms. The van der Waals surface area contributed by atoms with Crippen LogP contribution in [0.2, 0.25) is 0 Å². The second-order valence-electron chi connectivity index (χ2n) is 6.90. The fraction of sp³-hybridized carbons (Fsp3) is 1.00. The third-order valence-corrected chi connectivity index (χ3v) is 7.54. The van der Waals surface area contributed by atoms with Gasteiger partial charge in [0, 0.05) is 6.04 Å². The fourth-order valence-electron chi connectivity index (χ4n) is 3.94. The van der Waals surface area contributed by atoms with Gasteiger partial charge in [0.2, 0.25) is 0 Å². The number of nitrogens with one attached hydrogen (secondary N) is 1. The summed E-state index contributed by atoms with van der Waals surface area (Å²) in [6.45, 7) is 5.42. The lowest BCUT2D eigenvalue weighted by atomic mass is 9.77. The molecule has 1 saturated heterocycles. The second kappa shape index (κ2) is 7.26. The molecule has 4 heteroatoms. The van der Waals surface area contributed by atoms with Crippen LogP contribution in [0.4, 0.5) is 0 Å². The highest BCUT2D eigenvalue weighted by atomic mass is 32.2. The standard InChI is InChI=1S/C16H31NO2S/c1-3-11-17-16(14-9-7-13(2)8-10-14)15-6-4-5-12-20(15,18)19/h13-17H,3-12H2,1-2H3. The highest BCUT2D eigenvalue weighted by Crippen LogP contribution is 2.35. The van der Waals surface area contributed by atoms with Crippen molar-refractivity contribution in [1.82, 2.24) is 5.32 Å². The smallest absolute Gasteiger partial charge is 0.154 e. The van der Waals surface area contributed by atoms with E-state index in [1.165, 1.54) is 25.7 Å². The SMILES string of the molecule is CCCNC(C1CCC(C)CC1)C1CCCCS1(=O)=O. The Morgan fingerprint density at radius 1 is 1.10 bits per heavy atom. The molecule has 0 aromatic heterocycles. The van der Waals surface area contributed by atoms with Crippen LogP contribution in [0.15, 0.2) is 0 Å². The first kappa shape index (κ1) is 16.3. The molecule has 1 heterocycles. The van der Waals surface area contributed by atoms with E-state index in [2.05, 4.69) is 19.2 Å². The normalized spacial score (nSPS) is 35.6. The Labute approximate surface area is 124 Å². The highest BCUT2D eigenvalue weighted by molar-refractivity contribution is 7.92. The van der Waals surface area contributed by atoms with Crippen LogP contribution in [0.25, 0.3) is 0 Å². The molecule has 2 atom stereocenters. The van der Waals surface area contributed by atoms with Gasteiger partial charge in [-0.2, -0.15) is 0 Å². The molecule has 0 aromatic carbocycles. The molecule has 0 bridgehead atoms. The maximum Gasteiger partial charge on any atom is 0.154 e.